The summed E-state index contributed by atoms with van der Waals surface area (Å²) >= 11 is 0. The summed E-state index contributed by atoms with van der Waals surface area (Å²) in [5.41, 5.74) is 0.555. The Morgan fingerprint density at radius 1 is 0.967 bits per heavy atom. The van der Waals surface area contributed by atoms with Crippen molar-refractivity contribution in [3.05, 3.63) is 101 Å². The van der Waals surface area contributed by atoms with Gasteiger partial charge in [0, 0.05) is 12.7 Å². The van der Waals surface area contributed by atoms with Crippen LogP contribution < -0.4 is 10.2 Å². The third kappa shape index (κ3) is 3.59. The van der Waals surface area contributed by atoms with Crippen molar-refractivity contribution >= 4 is 20.7 Å². The van der Waals surface area contributed by atoms with Crippen LogP contribution in [0.1, 0.15) is 5.56 Å². The lowest BCUT2D eigenvalue weighted by Gasteiger charge is -2.15. The third-order valence-corrected chi connectivity index (χ3v) is 6.60. The molecule has 0 amide bonds. The Bertz CT molecular complexity index is 1400. The number of benzene rings is 3. The van der Waals surface area contributed by atoms with Crippen LogP contribution in [-0.4, -0.2) is 20.1 Å². The molecule has 4 aromatic rings. The van der Waals surface area contributed by atoms with Crippen molar-refractivity contribution < 1.29 is 17.5 Å². The largest absolute Gasteiger partial charge is 0.497 e. The van der Waals surface area contributed by atoms with E-state index >= 15 is 0 Å². The summed E-state index contributed by atoms with van der Waals surface area (Å²) in [6, 6.07) is 18.7. The smallest absolute Gasteiger partial charge is 0.211 e. The first-order valence-corrected chi connectivity index (χ1v) is 10.6. The average molecular weight is 423 g/mol. The van der Waals surface area contributed by atoms with Crippen LogP contribution in [-0.2, 0) is 16.4 Å². The Balaban J connectivity index is 1.99. The van der Waals surface area contributed by atoms with E-state index < -0.39 is 21.1 Å². The number of hydrogen-bond donors (Lipinski definition) is 0. The number of fused-ring (bicyclic) bond motifs is 1. The number of sulfone groups is 1. The Labute approximate surface area is 172 Å². The maximum Gasteiger partial charge on any atom is 0.211 e. The van der Waals surface area contributed by atoms with Crippen molar-refractivity contribution in [2.75, 3.05) is 7.11 Å². The van der Waals surface area contributed by atoms with Gasteiger partial charge in [-0.3, -0.25) is 4.79 Å². The summed E-state index contributed by atoms with van der Waals surface area (Å²) < 4.78 is 46.9. The first-order valence-electron chi connectivity index (χ1n) is 9.16. The number of methoxy groups -OCH3 is 1. The summed E-state index contributed by atoms with van der Waals surface area (Å²) in [6.45, 7) is 0.193. The molecular formula is C23H18FNO4S. The molecule has 0 bridgehead atoms. The third-order valence-electron chi connectivity index (χ3n) is 4.84. The number of rotatable bonds is 5. The summed E-state index contributed by atoms with van der Waals surface area (Å²) in [4.78, 5) is 12.9. The van der Waals surface area contributed by atoms with Crippen LogP contribution in [0.5, 0.6) is 5.75 Å². The molecule has 7 heteroatoms. The zero-order valence-corrected chi connectivity index (χ0v) is 16.9. The predicted octanol–water partition coefficient (Wildman–Crippen LogP) is 4.03. The number of ether oxygens (including phenoxy) is 1. The molecule has 30 heavy (non-hydrogen) atoms. The average Bonchev–Trinajstić information content (AvgIpc) is 2.76. The van der Waals surface area contributed by atoms with Crippen LogP contribution in [0.25, 0.3) is 10.9 Å². The molecule has 0 fully saturated rings. The van der Waals surface area contributed by atoms with Crippen molar-refractivity contribution in [2.24, 2.45) is 0 Å². The molecule has 3 aromatic carbocycles. The van der Waals surface area contributed by atoms with Crippen molar-refractivity contribution in [3.63, 3.8) is 0 Å². The Kier molecular flexibility index (Phi) is 5.13. The SMILES string of the molecule is COc1ccc2c(c1)c(=O)c(S(=O)(=O)c1ccccc1)cn2Cc1cccc(F)c1. The number of nitrogens with zero attached hydrogens (tertiary/aromatic N) is 1. The Hall–Kier alpha value is -3.45. The molecule has 5 nitrogen and oxygen atoms in total. The van der Waals surface area contributed by atoms with E-state index in [-0.39, 0.29) is 21.7 Å². The van der Waals surface area contributed by atoms with Gasteiger partial charge in [-0.15, -0.1) is 0 Å². The fourth-order valence-corrected chi connectivity index (χ4v) is 4.75. The van der Waals surface area contributed by atoms with Crippen molar-refractivity contribution in [2.45, 2.75) is 16.3 Å². The molecule has 1 heterocycles. The monoisotopic (exact) mass is 423 g/mol. The van der Waals surface area contributed by atoms with Gasteiger partial charge in [0.1, 0.15) is 16.5 Å². The minimum absolute atomic E-state index is 0.0293. The molecule has 0 aliphatic heterocycles. The molecule has 1 aromatic heterocycles. The van der Waals surface area contributed by atoms with Crippen LogP contribution in [0.3, 0.4) is 0 Å². The summed E-state index contributed by atoms with van der Waals surface area (Å²) in [5.74, 6) is 0.0443. The minimum atomic E-state index is -4.05. The number of halogens is 1. The van der Waals surface area contributed by atoms with Gasteiger partial charge in [-0.2, -0.15) is 0 Å². The van der Waals surface area contributed by atoms with E-state index in [9.17, 15) is 17.6 Å². The van der Waals surface area contributed by atoms with Gasteiger partial charge in [0.25, 0.3) is 0 Å². The summed E-state index contributed by atoms with van der Waals surface area (Å²) in [7, 11) is -2.58. The summed E-state index contributed by atoms with van der Waals surface area (Å²) in [5, 5.41) is 0.211. The highest BCUT2D eigenvalue weighted by atomic mass is 32.2. The van der Waals surface area contributed by atoms with Gasteiger partial charge in [-0.25, -0.2) is 12.8 Å². The van der Waals surface area contributed by atoms with Gasteiger partial charge in [-0.1, -0.05) is 30.3 Å². The lowest BCUT2D eigenvalue weighted by atomic mass is 10.1. The van der Waals surface area contributed by atoms with E-state index in [0.29, 0.717) is 16.8 Å². The molecule has 0 saturated carbocycles. The molecule has 0 aliphatic rings. The number of aromatic nitrogens is 1. The first kappa shape index (κ1) is 19.8. The predicted molar refractivity (Wildman–Crippen MR) is 112 cm³/mol. The van der Waals surface area contributed by atoms with Crippen LogP contribution in [0.2, 0.25) is 0 Å². The van der Waals surface area contributed by atoms with E-state index in [1.165, 1.54) is 43.6 Å². The van der Waals surface area contributed by atoms with Gasteiger partial charge < -0.3 is 9.30 Å². The fraction of sp³-hybridized carbons (Fsp3) is 0.0870. The van der Waals surface area contributed by atoms with Gasteiger partial charge in [0.05, 0.1) is 22.9 Å². The molecule has 152 valence electrons. The molecule has 0 atom stereocenters. The second-order valence-electron chi connectivity index (χ2n) is 6.78. The van der Waals surface area contributed by atoms with Gasteiger partial charge in [0.2, 0.25) is 15.3 Å². The zero-order valence-electron chi connectivity index (χ0n) is 16.1. The molecular weight excluding hydrogens is 405 g/mol. The molecule has 0 radical (unpaired) electrons. The fourth-order valence-electron chi connectivity index (χ4n) is 3.36. The van der Waals surface area contributed by atoms with Gasteiger partial charge in [-0.05, 0) is 48.0 Å². The molecule has 0 spiro atoms. The number of hydrogen-bond acceptors (Lipinski definition) is 4. The highest BCUT2D eigenvalue weighted by Gasteiger charge is 2.24. The normalized spacial score (nSPS) is 11.5. The molecule has 4 rings (SSSR count). The topological polar surface area (TPSA) is 65.4 Å². The lowest BCUT2D eigenvalue weighted by molar-refractivity contribution is 0.415. The van der Waals surface area contributed by atoms with E-state index in [2.05, 4.69) is 0 Å². The quantitative estimate of drug-likeness (QED) is 0.486. The lowest BCUT2D eigenvalue weighted by Crippen LogP contribution is -2.19. The van der Waals surface area contributed by atoms with Crippen molar-refractivity contribution in [1.82, 2.24) is 4.57 Å². The highest BCUT2D eigenvalue weighted by molar-refractivity contribution is 7.91. The van der Waals surface area contributed by atoms with Crippen LogP contribution >= 0.6 is 0 Å². The molecule has 0 N–H and O–H groups in total. The van der Waals surface area contributed by atoms with Crippen molar-refractivity contribution in [1.29, 1.82) is 0 Å². The summed E-state index contributed by atoms with van der Waals surface area (Å²) in [6.07, 6.45) is 1.32. The number of pyridine rings is 1. The molecule has 0 unspecified atom stereocenters. The minimum Gasteiger partial charge on any atom is -0.497 e. The second kappa shape index (κ2) is 7.76. The maximum absolute atomic E-state index is 13.7. The van der Waals surface area contributed by atoms with Gasteiger partial charge in [0.15, 0.2) is 0 Å². The zero-order chi connectivity index (χ0) is 21.3. The van der Waals surface area contributed by atoms with E-state index in [4.69, 9.17) is 4.74 Å². The molecule has 0 saturated heterocycles. The van der Waals surface area contributed by atoms with E-state index in [0.717, 1.165) is 0 Å². The van der Waals surface area contributed by atoms with E-state index in [1.54, 1.807) is 47.0 Å². The Morgan fingerprint density at radius 3 is 2.43 bits per heavy atom. The maximum atomic E-state index is 13.7. The second-order valence-corrected chi connectivity index (χ2v) is 8.70. The standard InChI is InChI=1S/C23H18FNO4S/c1-29-18-10-11-21-20(13-18)23(26)22(30(27,28)19-8-3-2-4-9-19)15-25(21)14-16-6-5-7-17(24)12-16/h2-13,15H,14H2,1H3. The highest BCUT2D eigenvalue weighted by Crippen LogP contribution is 2.24. The van der Waals surface area contributed by atoms with Crippen LogP contribution in [0, 0.1) is 5.82 Å². The van der Waals surface area contributed by atoms with E-state index in [1.807, 2.05) is 0 Å². The van der Waals surface area contributed by atoms with Crippen molar-refractivity contribution in [3.8, 4) is 5.75 Å². The van der Waals surface area contributed by atoms with Crippen LogP contribution in [0.15, 0.2) is 93.6 Å². The van der Waals surface area contributed by atoms with Crippen LogP contribution in [0.4, 0.5) is 4.39 Å². The van der Waals surface area contributed by atoms with Gasteiger partial charge >= 0.3 is 0 Å². The molecule has 0 aliphatic carbocycles. The Morgan fingerprint density at radius 2 is 1.73 bits per heavy atom. The first-order chi connectivity index (χ1) is 14.4.